The van der Waals surface area contributed by atoms with Gasteiger partial charge in [-0.2, -0.15) is 5.10 Å². The number of amides is 1. The van der Waals surface area contributed by atoms with Crippen molar-refractivity contribution < 1.29 is 13.2 Å². The van der Waals surface area contributed by atoms with Gasteiger partial charge < -0.3 is 4.90 Å². The van der Waals surface area contributed by atoms with Crippen LogP contribution in [0.25, 0.3) is 5.65 Å². The third-order valence-corrected chi connectivity index (χ3v) is 6.01. The van der Waals surface area contributed by atoms with Gasteiger partial charge in [0.2, 0.25) is 10.0 Å². The molecule has 2 aromatic rings. The number of fused-ring (bicyclic) bond motifs is 1. The molecule has 0 saturated carbocycles. The van der Waals surface area contributed by atoms with E-state index in [-0.39, 0.29) is 29.7 Å². The average Bonchev–Trinajstić information content (AvgIpc) is 3.13. The predicted octanol–water partition coefficient (Wildman–Crippen LogP) is -0.435. The fourth-order valence-electron chi connectivity index (χ4n) is 2.86. The van der Waals surface area contributed by atoms with Crippen molar-refractivity contribution in [2.45, 2.75) is 31.6 Å². The molecule has 0 radical (unpaired) electrons. The van der Waals surface area contributed by atoms with E-state index in [1.807, 2.05) is 0 Å². The number of hydrogen-bond donors (Lipinski definition) is 2. The Kier molecular flexibility index (Phi) is 4.18. The fraction of sp³-hybridized carbons (Fsp3) is 0.500. The number of likely N-dealkylation sites (tertiary alicyclic amines) is 1. The maximum atomic E-state index is 12.7. The van der Waals surface area contributed by atoms with Crippen LogP contribution in [0.5, 0.6) is 0 Å². The maximum Gasteiger partial charge on any atom is 0.347 e. The summed E-state index contributed by atoms with van der Waals surface area (Å²) >= 11 is 0. The first-order valence-corrected chi connectivity index (χ1v) is 9.20. The van der Waals surface area contributed by atoms with Crippen molar-refractivity contribution >= 4 is 21.6 Å². The standard InChI is InChI=1S/C14H19N5O4S/c1-9(2)17-24(22,23)10-5-7-18(8-10)13(20)11-4-3-6-19-12(11)15-16-14(19)21/h3-4,6,9-10,17H,5,7-8H2,1-2H3,(H,16,21). The van der Waals surface area contributed by atoms with Crippen LogP contribution >= 0.6 is 0 Å². The minimum absolute atomic E-state index is 0.122. The number of pyridine rings is 1. The highest BCUT2D eigenvalue weighted by atomic mass is 32.2. The molecule has 0 bridgehead atoms. The number of nitrogens with one attached hydrogen (secondary N) is 2. The maximum absolute atomic E-state index is 12.7. The van der Waals surface area contributed by atoms with Crippen LogP contribution in [-0.4, -0.2) is 58.2 Å². The lowest BCUT2D eigenvalue weighted by atomic mass is 10.2. The van der Waals surface area contributed by atoms with Gasteiger partial charge in [0.15, 0.2) is 5.65 Å². The Morgan fingerprint density at radius 1 is 1.46 bits per heavy atom. The SMILES string of the molecule is CC(C)NS(=O)(=O)C1CCN(C(=O)c2cccn3c(=O)[nH]nc23)C1. The summed E-state index contributed by atoms with van der Waals surface area (Å²) in [5.41, 5.74) is 0.0764. The number of aromatic amines is 1. The molecule has 24 heavy (non-hydrogen) atoms. The van der Waals surface area contributed by atoms with Gasteiger partial charge in [0, 0.05) is 25.3 Å². The first-order valence-electron chi connectivity index (χ1n) is 7.66. The minimum atomic E-state index is -3.47. The predicted molar refractivity (Wildman–Crippen MR) is 87.3 cm³/mol. The van der Waals surface area contributed by atoms with Crippen LogP contribution in [0.3, 0.4) is 0 Å². The number of rotatable bonds is 4. The highest BCUT2D eigenvalue weighted by Crippen LogP contribution is 2.20. The van der Waals surface area contributed by atoms with E-state index in [2.05, 4.69) is 14.9 Å². The number of H-pyrrole nitrogens is 1. The third-order valence-electron chi connectivity index (χ3n) is 3.94. The second-order valence-corrected chi connectivity index (χ2v) is 8.12. The Hall–Kier alpha value is -2.20. The van der Waals surface area contributed by atoms with Gasteiger partial charge >= 0.3 is 5.69 Å². The molecule has 1 atom stereocenters. The van der Waals surface area contributed by atoms with Crippen molar-refractivity contribution in [2.24, 2.45) is 0 Å². The molecule has 1 aliphatic rings. The van der Waals surface area contributed by atoms with Crippen LogP contribution in [0, 0.1) is 0 Å². The number of carbonyl (C=O) groups excluding carboxylic acids is 1. The molecule has 1 unspecified atom stereocenters. The quantitative estimate of drug-likeness (QED) is 0.773. The highest BCUT2D eigenvalue weighted by molar-refractivity contribution is 7.90. The smallest absolute Gasteiger partial charge is 0.337 e. The van der Waals surface area contributed by atoms with Crippen molar-refractivity contribution in [1.29, 1.82) is 0 Å². The van der Waals surface area contributed by atoms with E-state index in [1.54, 1.807) is 26.0 Å². The van der Waals surface area contributed by atoms with Crippen molar-refractivity contribution in [3.8, 4) is 0 Å². The lowest BCUT2D eigenvalue weighted by Crippen LogP contribution is -2.40. The summed E-state index contributed by atoms with van der Waals surface area (Å²) in [7, 11) is -3.47. The zero-order chi connectivity index (χ0) is 17.5. The van der Waals surface area contributed by atoms with Gasteiger partial charge in [-0.15, -0.1) is 0 Å². The Morgan fingerprint density at radius 3 is 2.92 bits per heavy atom. The molecular weight excluding hydrogens is 334 g/mol. The first-order chi connectivity index (χ1) is 11.3. The fourth-order valence-corrected chi connectivity index (χ4v) is 4.50. The normalized spacial score (nSPS) is 18.6. The molecule has 1 amide bonds. The average molecular weight is 353 g/mol. The van der Waals surface area contributed by atoms with Gasteiger partial charge in [-0.25, -0.2) is 27.4 Å². The molecule has 1 fully saturated rings. The van der Waals surface area contributed by atoms with Crippen LogP contribution < -0.4 is 10.4 Å². The number of aromatic nitrogens is 3. The minimum Gasteiger partial charge on any atom is -0.337 e. The second kappa shape index (κ2) is 6.02. The molecule has 0 aliphatic carbocycles. The van der Waals surface area contributed by atoms with Crippen LogP contribution in [0.4, 0.5) is 0 Å². The van der Waals surface area contributed by atoms with E-state index in [0.717, 1.165) is 0 Å². The van der Waals surface area contributed by atoms with Crippen molar-refractivity contribution in [1.82, 2.24) is 24.2 Å². The highest BCUT2D eigenvalue weighted by Gasteiger charge is 2.36. The van der Waals surface area contributed by atoms with Gasteiger partial charge in [-0.1, -0.05) is 0 Å². The Morgan fingerprint density at radius 2 is 2.21 bits per heavy atom. The van der Waals surface area contributed by atoms with Crippen molar-refractivity contribution in [2.75, 3.05) is 13.1 Å². The summed E-state index contributed by atoms with van der Waals surface area (Å²) in [4.78, 5) is 25.8. The number of nitrogens with zero attached hydrogens (tertiary/aromatic N) is 3. The summed E-state index contributed by atoms with van der Waals surface area (Å²) in [5, 5.41) is 5.53. The molecule has 1 aliphatic heterocycles. The summed E-state index contributed by atoms with van der Waals surface area (Å²) in [6.07, 6.45) is 1.89. The van der Waals surface area contributed by atoms with Crippen LogP contribution in [0.2, 0.25) is 0 Å². The number of carbonyl (C=O) groups is 1. The molecule has 10 heteroatoms. The monoisotopic (exact) mass is 353 g/mol. The third kappa shape index (κ3) is 2.94. The Balaban J connectivity index is 1.83. The largest absolute Gasteiger partial charge is 0.347 e. The van der Waals surface area contributed by atoms with Gasteiger partial charge in [-0.3, -0.25) is 4.79 Å². The summed E-state index contributed by atoms with van der Waals surface area (Å²) in [6, 6.07) is 2.97. The lowest BCUT2D eigenvalue weighted by molar-refractivity contribution is 0.0794. The molecule has 0 aromatic carbocycles. The molecular formula is C14H19N5O4S. The topological polar surface area (TPSA) is 117 Å². The zero-order valence-corrected chi connectivity index (χ0v) is 14.2. The van der Waals surface area contributed by atoms with E-state index >= 15 is 0 Å². The molecule has 1 saturated heterocycles. The van der Waals surface area contributed by atoms with Gasteiger partial charge in [0.05, 0.1) is 10.8 Å². The number of hydrogen-bond acceptors (Lipinski definition) is 5. The molecule has 0 spiro atoms. The van der Waals surface area contributed by atoms with E-state index in [0.29, 0.717) is 13.0 Å². The van der Waals surface area contributed by atoms with E-state index in [1.165, 1.54) is 15.5 Å². The number of sulfonamides is 1. The summed E-state index contributed by atoms with van der Waals surface area (Å²) < 4.78 is 28.3. The lowest BCUT2D eigenvalue weighted by Gasteiger charge is -2.18. The van der Waals surface area contributed by atoms with Gasteiger partial charge in [0.1, 0.15) is 0 Å². The summed E-state index contributed by atoms with van der Waals surface area (Å²) in [6.45, 7) is 3.98. The second-order valence-electron chi connectivity index (χ2n) is 6.12. The molecule has 3 heterocycles. The molecule has 2 aromatic heterocycles. The van der Waals surface area contributed by atoms with E-state index < -0.39 is 21.0 Å². The van der Waals surface area contributed by atoms with E-state index in [9.17, 15) is 18.0 Å². The van der Waals surface area contributed by atoms with Crippen LogP contribution in [-0.2, 0) is 10.0 Å². The molecule has 130 valence electrons. The molecule has 2 N–H and O–H groups in total. The molecule has 9 nitrogen and oxygen atoms in total. The zero-order valence-electron chi connectivity index (χ0n) is 13.4. The Labute approximate surface area is 138 Å². The van der Waals surface area contributed by atoms with Crippen LogP contribution in [0.15, 0.2) is 23.1 Å². The molecule has 3 rings (SSSR count). The van der Waals surface area contributed by atoms with Gasteiger partial charge in [0.25, 0.3) is 5.91 Å². The first kappa shape index (κ1) is 16.7. The van der Waals surface area contributed by atoms with Crippen LogP contribution in [0.1, 0.15) is 30.6 Å². The van der Waals surface area contributed by atoms with Crippen molar-refractivity contribution in [3.63, 3.8) is 0 Å². The van der Waals surface area contributed by atoms with E-state index in [4.69, 9.17) is 0 Å². The Bertz CT molecular complexity index is 930. The van der Waals surface area contributed by atoms with Crippen molar-refractivity contribution in [3.05, 3.63) is 34.4 Å². The van der Waals surface area contributed by atoms with Gasteiger partial charge in [-0.05, 0) is 32.4 Å². The summed E-state index contributed by atoms with van der Waals surface area (Å²) in [5.74, 6) is -0.332.